The van der Waals surface area contributed by atoms with E-state index in [1.807, 2.05) is 0 Å². The van der Waals surface area contributed by atoms with Crippen molar-refractivity contribution in [2.24, 2.45) is 0 Å². The largest absolute Gasteiger partial charge is 0.506 e. The standard InChI is InChI=1S/C12H10O5S/c1-7(13)18-4-2-3-9-10(14)5-8(12(16)17)6-11(9)15/h5-6,14-15H,4H2,1H3,(H,16,17). The van der Waals surface area contributed by atoms with Gasteiger partial charge in [0.2, 0.25) is 0 Å². The summed E-state index contributed by atoms with van der Waals surface area (Å²) in [6.07, 6.45) is 0. The monoisotopic (exact) mass is 266 g/mol. The lowest BCUT2D eigenvalue weighted by Crippen LogP contribution is -1.96. The van der Waals surface area contributed by atoms with Gasteiger partial charge < -0.3 is 15.3 Å². The van der Waals surface area contributed by atoms with Gasteiger partial charge in [0, 0.05) is 6.92 Å². The highest BCUT2D eigenvalue weighted by Gasteiger charge is 2.11. The molecule has 0 saturated heterocycles. The minimum absolute atomic E-state index is 0.0517. The summed E-state index contributed by atoms with van der Waals surface area (Å²) in [5.41, 5.74) is -0.280. The number of thioether (sulfide) groups is 1. The Balaban J connectivity index is 2.97. The van der Waals surface area contributed by atoms with Gasteiger partial charge >= 0.3 is 5.97 Å². The first-order valence-electron chi connectivity index (χ1n) is 4.83. The Morgan fingerprint density at radius 3 is 2.28 bits per heavy atom. The number of carbonyl (C=O) groups excluding carboxylic acids is 1. The van der Waals surface area contributed by atoms with E-state index >= 15 is 0 Å². The summed E-state index contributed by atoms with van der Waals surface area (Å²) in [5.74, 6) is 3.23. The first-order valence-corrected chi connectivity index (χ1v) is 5.82. The molecule has 94 valence electrons. The number of aromatic hydroxyl groups is 2. The van der Waals surface area contributed by atoms with Crippen LogP contribution in [0.1, 0.15) is 22.8 Å². The molecule has 0 aromatic heterocycles. The molecule has 3 N–H and O–H groups in total. The fraction of sp³-hybridized carbons (Fsp3) is 0.167. The Morgan fingerprint density at radius 1 is 1.28 bits per heavy atom. The van der Waals surface area contributed by atoms with Crippen LogP contribution in [0.3, 0.4) is 0 Å². The molecule has 1 rings (SSSR count). The zero-order valence-corrected chi connectivity index (χ0v) is 10.2. The summed E-state index contributed by atoms with van der Waals surface area (Å²) >= 11 is 1.00. The second-order valence-electron chi connectivity index (χ2n) is 3.28. The summed E-state index contributed by atoms with van der Waals surface area (Å²) in [6, 6.07) is 2.01. The molecule has 0 amide bonds. The Kier molecular flexibility index (Phi) is 4.63. The van der Waals surface area contributed by atoms with Gasteiger partial charge in [-0.05, 0) is 12.1 Å². The Hall–Kier alpha value is -2.13. The fourth-order valence-electron chi connectivity index (χ4n) is 1.13. The lowest BCUT2D eigenvalue weighted by molar-refractivity contribution is -0.109. The van der Waals surface area contributed by atoms with Crippen LogP contribution in [0, 0.1) is 11.8 Å². The Bertz CT molecular complexity index is 530. The van der Waals surface area contributed by atoms with Gasteiger partial charge in [-0.2, -0.15) is 0 Å². The molecule has 0 bridgehead atoms. The molecule has 0 saturated carbocycles. The zero-order valence-electron chi connectivity index (χ0n) is 9.43. The molecule has 0 aliphatic carbocycles. The van der Waals surface area contributed by atoms with Crippen molar-refractivity contribution in [3.05, 3.63) is 23.3 Å². The van der Waals surface area contributed by atoms with Crippen molar-refractivity contribution >= 4 is 22.8 Å². The predicted molar refractivity (Wildman–Crippen MR) is 66.7 cm³/mol. The number of hydrogen-bond acceptors (Lipinski definition) is 5. The predicted octanol–water partition coefficient (Wildman–Crippen LogP) is 1.43. The number of rotatable bonds is 2. The molecule has 0 unspecified atom stereocenters. The third kappa shape index (κ3) is 3.71. The van der Waals surface area contributed by atoms with E-state index in [-0.39, 0.29) is 22.0 Å². The number of aromatic carboxylic acids is 1. The van der Waals surface area contributed by atoms with Crippen LogP contribution in [0.2, 0.25) is 0 Å². The molecular formula is C12H10O5S. The van der Waals surface area contributed by atoms with Gasteiger partial charge in [0.05, 0.1) is 11.3 Å². The normalized spacial score (nSPS) is 9.39. The molecule has 18 heavy (non-hydrogen) atoms. The van der Waals surface area contributed by atoms with Crippen molar-refractivity contribution in [1.82, 2.24) is 0 Å². The number of benzene rings is 1. The fourth-order valence-corrected chi connectivity index (χ4v) is 1.47. The summed E-state index contributed by atoms with van der Waals surface area (Å²) in [7, 11) is 0. The van der Waals surface area contributed by atoms with Crippen molar-refractivity contribution in [3.8, 4) is 23.3 Å². The molecule has 0 aliphatic heterocycles. The second-order valence-corrected chi connectivity index (χ2v) is 4.43. The molecule has 0 heterocycles. The topological polar surface area (TPSA) is 94.8 Å². The van der Waals surface area contributed by atoms with Gasteiger partial charge in [-0.15, -0.1) is 0 Å². The Morgan fingerprint density at radius 2 is 1.83 bits per heavy atom. The van der Waals surface area contributed by atoms with E-state index in [0.29, 0.717) is 0 Å². The third-order valence-electron chi connectivity index (χ3n) is 1.90. The molecule has 1 aromatic carbocycles. The first kappa shape index (κ1) is 13.9. The molecule has 0 fully saturated rings. The van der Waals surface area contributed by atoms with Gasteiger partial charge in [-0.3, -0.25) is 4.79 Å². The molecule has 0 atom stereocenters. The highest BCUT2D eigenvalue weighted by atomic mass is 32.2. The van der Waals surface area contributed by atoms with Crippen LogP contribution in [0.25, 0.3) is 0 Å². The van der Waals surface area contributed by atoms with E-state index in [0.717, 1.165) is 23.9 Å². The molecule has 0 radical (unpaired) electrons. The van der Waals surface area contributed by atoms with Crippen molar-refractivity contribution in [1.29, 1.82) is 0 Å². The molecule has 0 spiro atoms. The van der Waals surface area contributed by atoms with Crippen LogP contribution in [0.4, 0.5) is 0 Å². The van der Waals surface area contributed by atoms with Gasteiger partial charge in [0.15, 0.2) is 5.12 Å². The number of carboxylic acid groups (broad SMARTS) is 1. The molecule has 0 aliphatic rings. The van der Waals surface area contributed by atoms with E-state index in [1.165, 1.54) is 6.92 Å². The number of hydrogen-bond donors (Lipinski definition) is 3. The maximum Gasteiger partial charge on any atom is 0.335 e. The highest BCUT2D eigenvalue weighted by molar-refractivity contribution is 8.13. The van der Waals surface area contributed by atoms with E-state index in [1.54, 1.807) is 0 Å². The lowest BCUT2D eigenvalue weighted by Gasteiger charge is -2.02. The molecule has 5 nitrogen and oxygen atoms in total. The highest BCUT2D eigenvalue weighted by Crippen LogP contribution is 2.27. The smallest absolute Gasteiger partial charge is 0.335 e. The maximum absolute atomic E-state index is 10.7. The number of carbonyl (C=O) groups is 2. The maximum atomic E-state index is 10.7. The quantitative estimate of drug-likeness (QED) is 0.701. The van der Waals surface area contributed by atoms with Crippen LogP contribution < -0.4 is 0 Å². The van der Waals surface area contributed by atoms with Crippen molar-refractivity contribution in [2.75, 3.05) is 5.75 Å². The minimum atomic E-state index is -1.26. The van der Waals surface area contributed by atoms with E-state index < -0.39 is 17.5 Å². The van der Waals surface area contributed by atoms with E-state index in [4.69, 9.17) is 5.11 Å². The lowest BCUT2D eigenvalue weighted by atomic mass is 10.1. The van der Waals surface area contributed by atoms with Crippen LogP contribution in [-0.2, 0) is 4.79 Å². The van der Waals surface area contributed by atoms with Crippen LogP contribution in [-0.4, -0.2) is 32.2 Å². The summed E-state index contributed by atoms with van der Waals surface area (Å²) in [6.45, 7) is 1.41. The SMILES string of the molecule is CC(=O)SCC#Cc1c(O)cc(C(=O)O)cc1O. The van der Waals surface area contributed by atoms with Crippen molar-refractivity contribution in [2.45, 2.75) is 6.92 Å². The summed E-state index contributed by atoms with van der Waals surface area (Å²) < 4.78 is 0. The van der Waals surface area contributed by atoms with Crippen molar-refractivity contribution in [3.63, 3.8) is 0 Å². The first-order chi connectivity index (χ1) is 8.41. The average Bonchev–Trinajstić information content (AvgIpc) is 2.26. The van der Waals surface area contributed by atoms with Gasteiger partial charge in [0.25, 0.3) is 0 Å². The second kappa shape index (κ2) is 5.98. The Labute approximate surface area is 107 Å². The average molecular weight is 266 g/mol. The van der Waals surface area contributed by atoms with Gasteiger partial charge in [-0.1, -0.05) is 23.6 Å². The molecule has 1 aromatic rings. The summed E-state index contributed by atoms with van der Waals surface area (Å²) in [5, 5.41) is 27.7. The minimum Gasteiger partial charge on any atom is -0.506 e. The zero-order chi connectivity index (χ0) is 13.7. The van der Waals surface area contributed by atoms with Gasteiger partial charge in [0.1, 0.15) is 17.1 Å². The molecular weight excluding hydrogens is 256 g/mol. The third-order valence-corrected chi connectivity index (χ3v) is 2.60. The van der Waals surface area contributed by atoms with Crippen LogP contribution >= 0.6 is 11.8 Å². The van der Waals surface area contributed by atoms with Crippen LogP contribution in [0.15, 0.2) is 12.1 Å². The van der Waals surface area contributed by atoms with E-state index in [2.05, 4.69) is 11.8 Å². The number of carboxylic acids is 1. The van der Waals surface area contributed by atoms with Gasteiger partial charge in [-0.25, -0.2) is 4.79 Å². The number of phenolic OH excluding ortho intramolecular Hbond substituents is 2. The number of phenols is 2. The van der Waals surface area contributed by atoms with Crippen molar-refractivity contribution < 1.29 is 24.9 Å². The molecule has 6 heteroatoms. The van der Waals surface area contributed by atoms with Crippen LogP contribution in [0.5, 0.6) is 11.5 Å². The summed E-state index contributed by atoms with van der Waals surface area (Å²) in [4.78, 5) is 21.3. The van der Waals surface area contributed by atoms with E-state index in [9.17, 15) is 19.8 Å².